The van der Waals surface area contributed by atoms with E-state index >= 15 is 0 Å². The van der Waals surface area contributed by atoms with Crippen LogP contribution in [0, 0.1) is 5.41 Å². The number of hydrogen-bond acceptors (Lipinski definition) is 5. The van der Waals surface area contributed by atoms with Crippen molar-refractivity contribution in [2.75, 3.05) is 24.5 Å². The lowest BCUT2D eigenvalue weighted by Gasteiger charge is -2.59. The van der Waals surface area contributed by atoms with E-state index in [0.717, 1.165) is 48.3 Å². The summed E-state index contributed by atoms with van der Waals surface area (Å²) in [5, 5.41) is 4.60. The second-order valence-corrected chi connectivity index (χ2v) is 8.94. The highest BCUT2D eigenvalue weighted by Crippen LogP contribution is 2.57. The Kier molecular flexibility index (Phi) is 4.41. The van der Waals surface area contributed by atoms with Crippen molar-refractivity contribution in [3.63, 3.8) is 0 Å². The standard InChI is InChI=1S/C22H25F2N5O/c1-27-8-5-18(26-27)16-10-20(29-14-21(15-29)12-22(23,24)13-21)25-11-17(16)19-4-2-6-28(19)7-3-9-30/h3,5,7-11,19H,2,4,6,12-15H2,1H3. The maximum absolute atomic E-state index is 13.3. The van der Waals surface area contributed by atoms with Crippen molar-refractivity contribution < 1.29 is 13.6 Å². The van der Waals surface area contributed by atoms with E-state index in [2.05, 4.69) is 14.9 Å². The van der Waals surface area contributed by atoms with Gasteiger partial charge in [-0.05, 0) is 31.1 Å². The van der Waals surface area contributed by atoms with Crippen LogP contribution in [0.2, 0.25) is 0 Å². The van der Waals surface area contributed by atoms with Gasteiger partial charge in [-0.15, -0.1) is 0 Å². The van der Waals surface area contributed by atoms with Gasteiger partial charge in [0.15, 0.2) is 0 Å². The SMILES string of the molecule is Cn1ccc(-c2cc(N3CC4(C3)CC(F)(F)C4)ncc2C2CCCN2C=CC=O)n1. The molecule has 2 aliphatic heterocycles. The van der Waals surface area contributed by atoms with E-state index in [1.807, 2.05) is 37.8 Å². The summed E-state index contributed by atoms with van der Waals surface area (Å²) in [7, 11) is 1.88. The van der Waals surface area contributed by atoms with Gasteiger partial charge in [0.1, 0.15) is 12.1 Å². The molecule has 0 bridgehead atoms. The van der Waals surface area contributed by atoms with Crippen LogP contribution in [0.3, 0.4) is 0 Å². The van der Waals surface area contributed by atoms with Crippen molar-refractivity contribution in [1.29, 1.82) is 0 Å². The minimum absolute atomic E-state index is 0.0121. The van der Waals surface area contributed by atoms with Crippen LogP contribution in [-0.2, 0) is 11.8 Å². The molecular formula is C22H25F2N5O. The molecule has 5 rings (SSSR count). The molecule has 1 unspecified atom stereocenters. The molecule has 0 radical (unpaired) electrons. The molecule has 0 aromatic carbocycles. The number of anilines is 1. The van der Waals surface area contributed by atoms with Gasteiger partial charge in [0.05, 0.1) is 11.7 Å². The first kappa shape index (κ1) is 19.2. The summed E-state index contributed by atoms with van der Waals surface area (Å²) in [6.45, 7) is 2.16. The van der Waals surface area contributed by atoms with Crippen LogP contribution in [0.5, 0.6) is 0 Å². The Morgan fingerprint density at radius 1 is 1.27 bits per heavy atom. The van der Waals surface area contributed by atoms with Crippen LogP contribution in [0.15, 0.2) is 36.8 Å². The lowest BCUT2D eigenvalue weighted by Crippen LogP contribution is -2.66. The molecular weight excluding hydrogens is 388 g/mol. The maximum atomic E-state index is 13.3. The van der Waals surface area contributed by atoms with Crippen molar-refractivity contribution in [3.05, 3.63) is 42.4 Å². The molecule has 1 saturated carbocycles. The number of pyridine rings is 1. The van der Waals surface area contributed by atoms with Gasteiger partial charge in [-0.25, -0.2) is 13.8 Å². The minimum Gasteiger partial charge on any atom is -0.370 e. The number of carbonyl (C=O) groups excluding carboxylic acids is 1. The summed E-state index contributed by atoms with van der Waals surface area (Å²) < 4.78 is 28.5. The van der Waals surface area contributed by atoms with Crippen LogP contribution in [0.4, 0.5) is 14.6 Å². The van der Waals surface area contributed by atoms with Crippen LogP contribution in [0.25, 0.3) is 11.3 Å². The Bertz CT molecular complexity index is 985. The lowest BCUT2D eigenvalue weighted by molar-refractivity contribution is -0.170. The monoisotopic (exact) mass is 413 g/mol. The van der Waals surface area contributed by atoms with Gasteiger partial charge in [0, 0.05) is 74.7 Å². The zero-order valence-electron chi connectivity index (χ0n) is 17.0. The first-order valence-electron chi connectivity index (χ1n) is 10.4. The Labute approximate surface area is 174 Å². The van der Waals surface area contributed by atoms with Gasteiger partial charge >= 0.3 is 0 Å². The number of aldehydes is 1. The Morgan fingerprint density at radius 3 is 2.73 bits per heavy atom. The molecule has 0 amide bonds. The van der Waals surface area contributed by atoms with Crippen molar-refractivity contribution in [2.45, 2.75) is 37.6 Å². The van der Waals surface area contributed by atoms with Crippen molar-refractivity contribution >= 4 is 12.1 Å². The predicted molar refractivity (Wildman–Crippen MR) is 109 cm³/mol. The van der Waals surface area contributed by atoms with E-state index in [4.69, 9.17) is 4.98 Å². The first-order valence-corrected chi connectivity index (χ1v) is 10.4. The second-order valence-electron chi connectivity index (χ2n) is 8.94. The highest BCUT2D eigenvalue weighted by Gasteiger charge is 2.61. The molecule has 4 heterocycles. The Hall–Kier alpha value is -2.77. The van der Waals surface area contributed by atoms with Gasteiger partial charge in [0.25, 0.3) is 0 Å². The highest BCUT2D eigenvalue weighted by atomic mass is 19.3. The number of rotatable bonds is 5. The van der Waals surface area contributed by atoms with Crippen LogP contribution in [0.1, 0.15) is 37.3 Å². The fraction of sp³-hybridized carbons (Fsp3) is 0.500. The molecule has 3 fully saturated rings. The number of halogens is 2. The van der Waals surface area contributed by atoms with Gasteiger partial charge in [-0.1, -0.05) is 0 Å². The van der Waals surface area contributed by atoms with Gasteiger partial charge in [0.2, 0.25) is 5.92 Å². The molecule has 0 N–H and O–H groups in total. The number of aryl methyl sites for hydroxylation is 1. The molecule has 2 saturated heterocycles. The van der Waals surface area contributed by atoms with Crippen LogP contribution < -0.4 is 4.90 Å². The third kappa shape index (κ3) is 3.28. The first-order chi connectivity index (χ1) is 14.4. The van der Waals surface area contributed by atoms with E-state index in [1.54, 1.807) is 4.68 Å². The molecule has 3 aliphatic rings. The van der Waals surface area contributed by atoms with E-state index in [0.29, 0.717) is 13.1 Å². The topological polar surface area (TPSA) is 54.3 Å². The van der Waals surface area contributed by atoms with Crippen LogP contribution >= 0.6 is 0 Å². The largest absolute Gasteiger partial charge is 0.370 e. The summed E-state index contributed by atoms with van der Waals surface area (Å²) in [5.41, 5.74) is 2.72. The molecule has 6 nitrogen and oxygen atoms in total. The molecule has 1 spiro atoms. The van der Waals surface area contributed by atoms with E-state index < -0.39 is 5.92 Å². The van der Waals surface area contributed by atoms with E-state index in [-0.39, 0.29) is 24.3 Å². The smallest absolute Gasteiger partial charge is 0.249 e. The van der Waals surface area contributed by atoms with Gasteiger partial charge in [-0.3, -0.25) is 9.48 Å². The molecule has 8 heteroatoms. The number of hydrogen-bond donors (Lipinski definition) is 0. The fourth-order valence-electron chi connectivity index (χ4n) is 5.32. The van der Waals surface area contributed by atoms with Crippen molar-refractivity contribution in [3.8, 4) is 11.3 Å². The Morgan fingerprint density at radius 2 is 2.07 bits per heavy atom. The Balaban J connectivity index is 1.45. The van der Waals surface area contributed by atoms with Crippen molar-refractivity contribution in [1.82, 2.24) is 19.7 Å². The lowest BCUT2D eigenvalue weighted by atomic mass is 9.61. The number of alkyl halides is 2. The molecule has 30 heavy (non-hydrogen) atoms. The summed E-state index contributed by atoms with van der Waals surface area (Å²) in [5.74, 6) is -1.68. The van der Waals surface area contributed by atoms with Crippen LogP contribution in [-0.4, -0.2) is 51.5 Å². The van der Waals surface area contributed by atoms with Gasteiger partial charge < -0.3 is 9.80 Å². The van der Waals surface area contributed by atoms with E-state index in [9.17, 15) is 13.6 Å². The molecule has 2 aromatic rings. The number of likely N-dealkylation sites (tertiary alicyclic amines) is 1. The highest BCUT2D eigenvalue weighted by molar-refractivity contribution is 5.68. The average Bonchev–Trinajstić information content (AvgIpc) is 3.30. The summed E-state index contributed by atoms with van der Waals surface area (Å²) in [6, 6.07) is 4.15. The predicted octanol–water partition coefficient (Wildman–Crippen LogP) is 3.57. The minimum atomic E-state index is -2.50. The molecule has 158 valence electrons. The zero-order valence-corrected chi connectivity index (χ0v) is 17.0. The van der Waals surface area contributed by atoms with Crippen molar-refractivity contribution in [2.24, 2.45) is 12.5 Å². The molecule has 1 aliphatic carbocycles. The fourth-order valence-corrected chi connectivity index (χ4v) is 5.32. The third-order valence-corrected chi connectivity index (χ3v) is 6.56. The quantitative estimate of drug-likeness (QED) is 0.554. The van der Waals surface area contributed by atoms with E-state index in [1.165, 1.54) is 6.08 Å². The number of nitrogens with zero attached hydrogens (tertiary/aromatic N) is 5. The second kappa shape index (κ2) is 6.89. The maximum Gasteiger partial charge on any atom is 0.249 e. The normalized spacial score (nSPS) is 24.3. The number of carbonyl (C=O) groups is 1. The molecule has 1 atom stereocenters. The number of aromatic nitrogens is 3. The molecule has 2 aromatic heterocycles. The average molecular weight is 413 g/mol. The summed E-state index contributed by atoms with van der Waals surface area (Å²) in [6.07, 6.45) is 9.96. The third-order valence-electron chi connectivity index (χ3n) is 6.56. The number of allylic oxidation sites excluding steroid dienone is 1. The summed E-state index contributed by atoms with van der Waals surface area (Å²) >= 11 is 0. The van der Waals surface area contributed by atoms with Gasteiger partial charge in [-0.2, -0.15) is 5.10 Å². The summed E-state index contributed by atoms with van der Waals surface area (Å²) in [4.78, 5) is 19.7. The zero-order chi connectivity index (χ0) is 20.9.